The molecule has 2 N–H and O–H groups in total. The molecule has 2 rings (SSSR count). The summed E-state index contributed by atoms with van der Waals surface area (Å²) in [5, 5.41) is 5.75. The Morgan fingerprint density at radius 1 is 0.926 bits per heavy atom. The summed E-state index contributed by atoms with van der Waals surface area (Å²) in [4.78, 5) is 37.8. The molecule has 2 aromatic rings. The summed E-state index contributed by atoms with van der Waals surface area (Å²) in [5.74, 6) is -0.330. The van der Waals surface area contributed by atoms with Crippen LogP contribution in [-0.2, 0) is 4.79 Å². The van der Waals surface area contributed by atoms with Crippen LogP contribution in [0.1, 0.15) is 41.5 Å². The molecule has 0 saturated carbocycles. The quantitative estimate of drug-likeness (QED) is 0.701. The van der Waals surface area contributed by atoms with Crippen LogP contribution in [0.25, 0.3) is 0 Å². The van der Waals surface area contributed by atoms with Gasteiger partial charge in [-0.3, -0.25) is 14.4 Å². The average molecular weight is 367 g/mol. The second kappa shape index (κ2) is 9.52. The molecular weight excluding hydrogens is 342 g/mol. The van der Waals surface area contributed by atoms with Crippen molar-refractivity contribution in [1.82, 2.24) is 4.90 Å². The van der Waals surface area contributed by atoms with Gasteiger partial charge in [0.2, 0.25) is 5.91 Å². The van der Waals surface area contributed by atoms with Crippen LogP contribution in [0.15, 0.2) is 48.5 Å². The highest BCUT2D eigenvalue weighted by molar-refractivity contribution is 6.01. The van der Waals surface area contributed by atoms with Crippen molar-refractivity contribution in [2.45, 2.75) is 20.8 Å². The Balaban J connectivity index is 1.95. The van der Waals surface area contributed by atoms with Gasteiger partial charge in [0.25, 0.3) is 5.91 Å². The van der Waals surface area contributed by atoms with Crippen molar-refractivity contribution in [2.75, 3.05) is 30.3 Å². The molecular formula is C21H25N3O3. The minimum Gasteiger partial charge on any atom is -0.376 e. The second-order valence-corrected chi connectivity index (χ2v) is 6.06. The molecule has 0 bridgehead atoms. The molecule has 0 atom stereocenters. The molecule has 0 aliphatic carbocycles. The van der Waals surface area contributed by atoms with E-state index < -0.39 is 0 Å². The summed E-state index contributed by atoms with van der Waals surface area (Å²) in [6.07, 6.45) is 0. The highest BCUT2D eigenvalue weighted by Gasteiger charge is 2.12. The van der Waals surface area contributed by atoms with Crippen LogP contribution >= 0.6 is 0 Å². The molecule has 27 heavy (non-hydrogen) atoms. The van der Waals surface area contributed by atoms with Gasteiger partial charge in [0.05, 0.1) is 6.54 Å². The molecule has 142 valence electrons. The van der Waals surface area contributed by atoms with E-state index in [2.05, 4.69) is 10.6 Å². The normalized spacial score (nSPS) is 10.2. The fourth-order valence-corrected chi connectivity index (χ4v) is 2.71. The monoisotopic (exact) mass is 367 g/mol. The topological polar surface area (TPSA) is 78.5 Å². The number of hydrogen-bond acceptors (Lipinski definition) is 4. The maximum Gasteiger partial charge on any atom is 0.253 e. The van der Waals surface area contributed by atoms with Crippen molar-refractivity contribution in [1.29, 1.82) is 0 Å². The smallest absolute Gasteiger partial charge is 0.253 e. The summed E-state index contributed by atoms with van der Waals surface area (Å²) in [7, 11) is 0. The first-order valence-corrected chi connectivity index (χ1v) is 8.99. The van der Waals surface area contributed by atoms with E-state index in [-0.39, 0.29) is 24.1 Å². The molecule has 0 heterocycles. The SMILES string of the molecule is CCN(CC)C(=O)c1ccc(NC(=O)CNc2ccccc2C(C)=O)cc1. The number of carbonyl (C=O) groups is 3. The summed E-state index contributed by atoms with van der Waals surface area (Å²) in [6, 6.07) is 13.9. The largest absolute Gasteiger partial charge is 0.376 e. The van der Waals surface area contributed by atoms with Crippen LogP contribution in [0.3, 0.4) is 0 Å². The molecule has 0 aliphatic heterocycles. The van der Waals surface area contributed by atoms with Crippen molar-refractivity contribution in [3.63, 3.8) is 0 Å². The lowest BCUT2D eigenvalue weighted by Gasteiger charge is -2.18. The third-order valence-electron chi connectivity index (χ3n) is 4.21. The Labute approximate surface area is 159 Å². The molecule has 0 aliphatic rings. The Kier molecular flexibility index (Phi) is 7.11. The van der Waals surface area contributed by atoms with Gasteiger partial charge in [-0.1, -0.05) is 12.1 Å². The Hall–Kier alpha value is -3.15. The van der Waals surface area contributed by atoms with Crippen LogP contribution in [0.5, 0.6) is 0 Å². The van der Waals surface area contributed by atoms with Gasteiger partial charge in [-0.25, -0.2) is 0 Å². The van der Waals surface area contributed by atoms with Crippen molar-refractivity contribution in [3.8, 4) is 0 Å². The molecule has 2 amide bonds. The summed E-state index contributed by atoms with van der Waals surface area (Å²) in [6.45, 7) is 6.70. The van der Waals surface area contributed by atoms with Gasteiger partial charge in [0.15, 0.2) is 5.78 Å². The van der Waals surface area contributed by atoms with E-state index in [1.165, 1.54) is 6.92 Å². The zero-order valence-electron chi connectivity index (χ0n) is 15.9. The highest BCUT2D eigenvalue weighted by atomic mass is 16.2. The van der Waals surface area contributed by atoms with E-state index >= 15 is 0 Å². The van der Waals surface area contributed by atoms with Gasteiger partial charge in [0.1, 0.15) is 0 Å². The number of anilines is 2. The number of amides is 2. The number of ketones is 1. The van der Waals surface area contributed by atoms with Crippen LogP contribution < -0.4 is 10.6 Å². The van der Waals surface area contributed by atoms with E-state index in [0.717, 1.165) is 0 Å². The zero-order chi connectivity index (χ0) is 19.8. The lowest BCUT2D eigenvalue weighted by Crippen LogP contribution is -2.30. The standard InChI is InChI=1S/C21H25N3O3/c1-4-24(5-2)21(27)16-10-12-17(13-11-16)23-20(26)14-22-19-9-7-6-8-18(19)15(3)25/h6-13,22H,4-5,14H2,1-3H3,(H,23,26). The first-order chi connectivity index (χ1) is 13.0. The van der Waals surface area contributed by atoms with Crippen LogP contribution in [-0.4, -0.2) is 42.1 Å². The maximum atomic E-state index is 12.3. The number of carbonyl (C=O) groups excluding carboxylic acids is 3. The first kappa shape index (κ1) is 20.2. The molecule has 2 aromatic carbocycles. The van der Waals surface area contributed by atoms with E-state index in [0.29, 0.717) is 35.6 Å². The third-order valence-corrected chi connectivity index (χ3v) is 4.21. The van der Waals surface area contributed by atoms with Gasteiger partial charge in [0, 0.05) is 35.6 Å². The van der Waals surface area contributed by atoms with Gasteiger partial charge < -0.3 is 15.5 Å². The summed E-state index contributed by atoms with van der Waals surface area (Å²) >= 11 is 0. The lowest BCUT2D eigenvalue weighted by atomic mass is 10.1. The summed E-state index contributed by atoms with van der Waals surface area (Å²) < 4.78 is 0. The van der Waals surface area contributed by atoms with Crippen LogP contribution in [0.4, 0.5) is 11.4 Å². The van der Waals surface area contributed by atoms with Crippen molar-refractivity contribution >= 4 is 29.0 Å². The minimum absolute atomic E-state index is 0.0274. The molecule has 6 nitrogen and oxygen atoms in total. The number of nitrogens with one attached hydrogen (secondary N) is 2. The Morgan fingerprint density at radius 3 is 2.15 bits per heavy atom. The predicted molar refractivity (Wildman–Crippen MR) is 107 cm³/mol. The average Bonchev–Trinajstić information content (AvgIpc) is 2.68. The number of rotatable bonds is 8. The molecule has 0 fully saturated rings. The van der Waals surface area contributed by atoms with Gasteiger partial charge in [-0.2, -0.15) is 0 Å². The van der Waals surface area contributed by atoms with E-state index in [4.69, 9.17) is 0 Å². The Morgan fingerprint density at radius 2 is 1.56 bits per heavy atom. The number of hydrogen-bond donors (Lipinski definition) is 2. The molecule has 0 radical (unpaired) electrons. The number of nitrogens with zero attached hydrogens (tertiary/aromatic N) is 1. The number of para-hydroxylation sites is 1. The van der Waals surface area contributed by atoms with Crippen LogP contribution in [0.2, 0.25) is 0 Å². The molecule has 6 heteroatoms. The van der Waals surface area contributed by atoms with E-state index in [9.17, 15) is 14.4 Å². The van der Waals surface area contributed by atoms with Gasteiger partial charge in [-0.15, -0.1) is 0 Å². The molecule has 0 spiro atoms. The second-order valence-electron chi connectivity index (χ2n) is 6.06. The predicted octanol–water partition coefficient (Wildman–Crippen LogP) is 3.42. The number of benzene rings is 2. The van der Waals surface area contributed by atoms with Crippen molar-refractivity contribution in [2.24, 2.45) is 0 Å². The molecule has 0 unspecified atom stereocenters. The van der Waals surface area contributed by atoms with E-state index in [1.54, 1.807) is 53.4 Å². The fraction of sp³-hybridized carbons (Fsp3) is 0.286. The van der Waals surface area contributed by atoms with Crippen LogP contribution in [0, 0.1) is 0 Å². The fourth-order valence-electron chi connectivity index (χ4n) is 2.71. The van der Waals surface area contributed by atoms with Crippen molar-refractivity contribution in [3.05, 3.63) is 59.7 Å². The Bertz CT molecular complexity index is 812. The molecule has 0 aromatic heterocycles. The maximum absolute atomic E-state index is 12.3. The van der Waals surface area contributed by atoms with Gasteiger partial charge in [-0.05, 0) is 57.2 Å². The zero-order valence-corrected chi connectivity index (χ0v) is 15.9. The minimum atomic E-state index is -0.240. The first-order valence-electron chi connectivity index (χ1n) is 8.99. The third kappa shape index (κ3) is 5.41. The summed E-state index contributed by atoms with van der Waals surface area (Å²) in [5.41, 5.74) is 2.37. The molecule has 0 saturated heterocycles. The number of Topliss-reactive ketones (excluding diaryl/α,β-unsaturated/α-hetero) is 1. The van der Waals surface area contributed by atoms with E-state index in [1.807, 2.05) is 13.8 Å². The lowest BCUT2D eigenvalue weighted by molar-refractivity contribution is -0.114. The highest BCUT2D eigenvalue weighted by Crippen LogP contribution is 2.16. The van der Waals surface area contributed by atoms with Gasteiger partial charge >= 0.3 is 0 Å². The van der Waals surface area contributed by atoms with Crippen molar-refractivity contribution < 1.29 is 14.4 Å².